The van der Waals surface area contributed by atoms with Crippen LogP contribution in [-0.2, 0) is 12.4 Å². The topological polar surface area (TPSA) is 61.3 Å². The van der Waals surface area contributed by atoms with Crippen molar-refractivity contribution in [1.29, 1.82) is 0 Å². The summed E-state index contributed by atoms with van der Waals surface area (Å²) in [6.45, 7) is 10.1. The normalized spacial score (nSPS) is 15.8. The number of anilines is 1. The highest BCUT2D eigenvalue weighted by Crippen LogP contribution is 2.42. The van der Waals surface area contributed by atoms with Crippen molar-refractivity contribution in [1.82, 2.24) is 14.9 Å². The van der Waals surface area contributed by atoms with Gasteiger partial charge in [-0.15, -0.1) is 0 Å². The molecule has 0 bridgehead atoms. The fourth-order valence-corrected chi connectivity index (χ4v) is 6.51. The molecule has 1 fully saturated rings. The van der Waals surface area contributed by atoms with E-state index in [1.54, 1.807) is 0 Å². The van der Waals surface area contributed by atoms with Crippen LogP contribution in [0.4, 0.5) is 32.0 Å². The highest BCUT2D eigenvalue weighted by Gasteiger charge is 2.38. The van der Waals surface area contributed by atoms with Crippen molar-refractivity contribution in [2.45, 2.75) is 90.2 Å². The summed E-state index contributed by atoms with van der Waals surface area (Å²) in [5.74, 6) is -0.273. The van der Waals surface area contributed by atoms with Crippen LogP contribution < -0.4 is 5.32 Å². The Hall–Kier alpha value is -3.15. The third-order valence-corrected chi connectivity index (χ3v) is 9.23. The van der Waals surface area contributed by atoms with Crippen LogP contribution in [0.15, 0.2) is 54.7 Å². The Morgan fingerprint density at radius 2 is 1.65 bits per heavy atom. The standard InChI is InChI=1S/C18H26ClN3.C18H17F6NO/c1-4-22(5-2)12-6-7-14(3)21-17-10-11-20-18-13-15(19)8-9-16(17)18;19-17(20,21)13-8-4-7-11-12(16(26)10-5-2-1-3-6-10)9-14(18(22,23)24)25-15(11)13/h8-11,13-14H,4-7,12H2,1-3H3,(H,20,21);4,7-10,16,26H,1-3,5-6H2. The first-order valence-electron chi connectivity index (χ1n) is 16.5. The van der Waals surface area contributed by atoms with Gasteiger partial charge in [0.15, 0.2) is 0 Å². The summed E-state index contributed by atoms with van der Waals surface area (Å²) in [4.78, 5) is 10.1. The van der Waals surface area contributed by atoms with Gasteiger partial charge < -0.3 is 15.3 Å². The quantitative estimate of drug-likeness (QED) is 0.162. The van der Waals surface area contributed by atoms with Crippen LogP contribution in [0, 0.1) is 5.92 Å². The van der Waals surface area contributed by atoms with Crippen LogP contribution in [0.5, 0.6) is 0 Å². The molecule has 12 heteroatoms. The van der Waals surface area contributed by atoms with Gasteiger partial charge >= 0.3 is 12.4 Å². The first kappa shape index (κ1) is 37.7. The second-order valence-corrected chi connectivity index (χ2v) is 12.8. The number of para-hydroxylation sites is 1. The SMILES string of the molecule is CCN(CC)CCCC(C)Nc1ccnc2cc(Cl)ccc12.OC(c1cc(C(F)(F)F)nc2c(C(F)(F)F)cccc12)C1CCCCC1. The Labute approximate surface area is 282 Å². The van der Waals surface area contributed by atoms with Gasteiger partial charge in [0.1, 0.15) is 5.69 Å². The molecule has 2 aromatic heterocycles. The Balaban J connectivity index is 0.000000220. The van der Waals surface area contributed by atoms with E-state index < -0.39 is 35.2 Å². The molecule has 1 aliphatic rings. The van der Waals surface area contributed by atoms with Gasteiger partial charge in [0, 0.05) is 33.7 Å². The van der Waals surface area contributed by atoms with Crippen LogP contribution >= 0.6 is 11.6 Å². The summed E-state index contributed by atoms with van der Waals surface area (Å²) < 4.78 is 79.4. The highest BCUT2D eigenvalue weighted by atomic mass is 35.5. The lowest BCUT2D eigenvalue weighted by Crippen LogP contribution is -2.25. The average Bonchev–Trinajstić information content (AvgIpc) is 3.05. The maximum absolute atomic E-state index is 13.2. The molecule has 2 N–H and O–H groups in total. The zero-order valence-corrected chi connectivity index (χ0v) is 28.2. The van der Waals surface area contributed by atoms with Crippen molar-refractivity contribution in [3.05, 3.63) is 76.6 Å². The van der Waals surface area contributed by atoms with E-state index >= 15 is 0 Å². The lowest BCUT2D eigenvalue weighted by atomic mass is 9.81. The van der Waals surface area contributed by atoms with E-state index in [1.807, 2.05) is 30.5 Å². The lowest BCUT2D eigenvalue weighted by Gasteiger charge is -2.28. The van der Waals surface area contributed by atoms with Crippen molar-refractivity contribution in [3.8, 4) is 0 Å². The smallest absolute Gasteiger partial charge is 0.388 e. The van der Waals surface area contributed by atoms with E-state index in [9.17, 15) is 31.4 Å². The first-order chi connectivity index (χ1) is 22.7. The number of alkyl halides is 6. The van der Waals surface area contributed by atoms with Gasteiger partial charge in [0.25, 0.3) is 0 Å². The summed E-state index contributed by atoms with van der Waals surface area (Å²) >= 11 is 6.04. The molecular formula is C36H43ClF6N4O. The molecule has 2 unspecified atom stereocenters. The molecule has 0 saturated heterocycles. The number of rotatable bonds is 10. The second-order valence-electron chi connectivity index (χ2n) is 12.4. The zero-order chi connectivity index (χ0) is 35.1. The number of nitrogens with one attached hydrogen (secondary N) is 1. The van der Waals surface area contributed by atoms with Crippen molar-refractivity contribution >= 4 is 39.1 Å². The minimum atomic E-state index is -4.91. The van der Waals surface area contributed by atoms with Crippen LogP contribution in [-0.4, -0.2) is 45.7 Å². The molecule has 0 spiro atoms. The van der Waals surface area contributed by atoms with E-state index in [4.69, 9.17) is 11.6 Å². The molecule has 4 aromatic rings. The van der Waals surface area contributed by atoms with Crippen molar-refractivity contribution in [2.24, 2.45) is 5.92 Å². The Morgan fingerprint density at radius 3 is 2.29 bits per heavy atom. The van der Waals surface area contributed by atoms with Gasteiger partial charge in [-0.2, -0.15) is 26.3 Å². The van der Waals surface area contributed by atoms with E-state index in [0.717, 1.165) is 66.5 Å². The average molecular weight is 697 g/mol. The number of aliphatic hydroxyl groups excluding tert-OH is 1. The molecule has 0 amide bonds. The van der Waals surface area contributed by atoms with E-state index in [1.165, 1.54) is 19.0 Å². The van der Waals surface area contributed by atoms with Gasteiger partial charge in [0.2, 0.25) is 0 Å². The molecule has 1 aliphatic carbocycles. The fourth-order valence-electron chi connectivity index (χ4n) is 6.34. The largest absolute Gasteiger partial charge is 0.433 e. The third-order valence-electron chi connectivity index (χ3n) is 8.99. The zero-order valence-electron chi connectivity index (χ0n) is 27.4. The molecule has 2 heterocycles. The molecule has 5 nitrogen and oxygen atoms in total. The van der Waals surface area contributed by atoms with Gasteiger partial charge in [-0.25, -0.2) is 4.98 Å². The minimum Gasteiger partial charge on any atom is -0.388 e. The minimum absolute atomic E-state index is 0.0918. The van der Waals surface area contributed by atoms with Gasteiger partial charge in [0.05, 0.1) is 22.7 Å². The van der Waals surface area contributed by atoms with Crippen molar-refractivity contribution < 1.29 is 31.4 Å². The van der Waals surface area contributed by atoms with E-state index in [2.05, 4.69) is 41.0 Å². The van der Waals surface area contributed by atoms with Crippen molar-refractivity contribution in [3.63, 3.8) is 0 Å². The van der Waals surface area contributed by atoms with E-state index in [-0.39, 0.29) is 16.9 Å². The Bertz CT molecular complexity index is 1640. The predicted molar refractivity (Wildman–Crippen MR) is 180 cm³/mol. The van der Waals surface area contributed by atoms with Crippen LogP contribution in [0.1, 0.15) is 88.6 Å². The first-order valence-corrected chi connectivity index (χ1v) is 16.9. The van der Waals surface area contributed by atoms with Crippen molar-refractivity contribution in [2.75, 3.05) is 25.0 Å². The Kier molecular flexibility index (Phi) is 12.9. The molecule has 2 aromatic carbocycles. The van der Waals surface area contributed by atoms with Gasteiger partial charge in [-0.3, -0.25) is 4.98 Å². The summed E-state index contributed by atoms with van der Waals surface area (Å²) in [6.07, 6.45) is -2.89. The predicted octanol–water partition coefficient (Wildman–Crippen LogP) is 10.7. The lowest BCUT2D eigenvalue weighted by molar-refractivity contribution is -0.142. The monoisotopic (exact) mass is 696 g/mol. The number of aliphatic hydroxyl groups is 1. The maximum Gasteiger partial charge on any atom is 0.433 e. The van der Waals surface area contributed by atoms with Crippen LogP contribution in [0.3, 0.4) is 0 Å². The van der Waals surface area contributed by atoms with E-state index in [0.29, 0.717) is 31.0 Å². The summed E-state index contributed by atoms with van der Waals surface area (Å²) in [6, 6.07) is 12.1. The highest BCUT2D eigenvalue weighted by molar-refractivity contribution is 6.31. The fraction of sp³-hybridized carbons (Fsp3) is 0.500. The molecule has 5 rings (SSSR count). The number of pyridine rings is 2. The number of nitrogens with zero attached hydrogens (tertiary/aromatic N) is 3. The molecule has 0 aliphatic heterocycles. The number of halogens is 7. The number of benzene rings is 2. The van der Waals surface area contributed by atoms with Gasteiger partial charge in [-0.05, 0) is 100 Å². The second kappa shape index (κ2) is 16.5. The number of fused-ring (bicyclic) bond motifs is 2. The molecule has 48 heavy (non-hydrogen) atoms. The number of hydrogen-bond acceptors (Lipinski definition) is 5. The molecular weight excluding hydrogens is 654 g/mol. The third kappa shape index (κ3) is 9.72. The van der Waals surface area contributed by atoms with Crippen LogP contribution in [0.25, 0.3) is 21.8 Å². The molecule has 2 atom stereocenters. The van der Waals surface area contributed by atoms with Crippen LogP contribution in [0.2, 0.25) is 5.02 Å². The van der Waals surface area contributed by atoms with Gasteiger partial charge in [-0.1, -0.05) is 56.8 Å². The molecule has 262 valence electrons. The number of aromatic nitrogens is 2. The molecule has 0 radical (unpaired) electrons. The summed E-state index contributed by atoms with van der Waals surface area (Å²) in [7, 11) is 0. The number of hydrogen-bond donors (Lipinski definition) is 2. The summed E-state index contributed by atoms with van der Waals surface area (Å²) in [5, 5.41) is 16.0. The maximum atomic E-state index is 13.2. The Morgan fingerprint density at radius 1 is 0.938 bits per heavy atom. The molecule has 1 saturated carbocycles. The summed E-state index contributed by atoms with van der Waals surface area (Å²) in [5.41, 5.74) is -1.50.